The quantitative estimate of drug-likeness (QED) is 0.437. The molecule has 1 aromatic carbocycles. The Balaban J connectivity index is 2.71. The Morgan fingerprint density at radius 3 is 2.81 bits per heavy atom. The zero-order valence-corrected chi connectivity index (χ0v) is 17.6. The van der Waals surface area contributed by atoms with Gasteiger partial charge in [0.1, 0.15) is 16.5 Å². The summed E-state index contributed by atoms with van der Waals surface area (Å²) in [6.45, 7) is 1.22. The standard InChI is InChI=1S/C21H21F2N3O4S/c1-3-9-25-18(27)15(13-24)20-26(10-6-11-29-2)19(28)17(31-20)12-14-7-4-5-8-16(14)30-21(22)23/h3-5,7-8,12,21H,1,6,9-11H2,2H3,(H,25,27). The molecule has 1 aromatic heterocycles. The SMILES string of the molecule is C=CCNC(=O)C(C#N)=c1sc(=Cc2ccccc2OC(F)F)c(=O)n1CCCOC. The number of nitrogens with one attached hydrogen (secondary N) is 1. The van der Waals surface area contributed by atoms with Gasteiger partial charge in [-0.1, -0.05) is 24.3 Å². The lowest BCUT2D eigenvalue weighted by atomic mass is 10.2. The van der Waals surface area contributed by atoms with Crippen LogP contribution in [0.4, 0.5) is 8.78 Å². The van der Waals surface area contributed by atoms with Crippen molar-refractivity contribution in [3.8, 4) is 11.8 Å². The van der Waals surface area contributed by atoms with Crippen molar-refractivity contribution in [2.24, 2.45) is 0 Å². The van der Waals surface area contributed by atoms with Crippen molar-refractivity contribution in [1.29, 1.82) is 5.26 Å². The van der Waals surface area contributed by atoms with E-state index >= 15 is 0 Å². The maximum atomic E-state index is 13.0. The molecule has 1 heterocycles. The number of nitrogens with zero attached hydrogens (tertiary/aromatic N) is 2. The molecule has 2 aromatic rings. The summed E-state index contributed by atoms with van der Waals surface area (Å²) >= 11 is 0.926. The van der Waals surface area contributed by atoms with E-state index in [1.54, 1.807) is 6.07 Å². The van der Waals surface area contributed by atoms with Gasteiger partial charge in [-0.25, -0.2) is 0 Å². The summed E-state index contributed by atoms with van der Waals surface area (Å²) < 4.78 is 36.6. The topological polar surface area (TPSA) is 93.4 Å². The number of hydrogen-bond acceptors (Lipinski definition) is 6. The van der Waals surface area contributed by atoms with Gasteiger partial charge < -0.3 is 14.8 Å². The zero-order valence-electron chi connectivity index (χ0n) is 16.8. The molecule has 0 bridgehead atoms. The predicted molar refractivity (Wildman–Crippen MR) is 113 cm³/mol. The largest absolute Gasteiger partial charge is 0.434 e. The molecule has 0 aliphatic carbocycles. The summed E-state index contributed by atoms with van der Waals surface area (Å²) in [4.78, 5) is 25.4. The highest BCUT2D eigenvalue weighted by Crippen LogP contribution is 2.20. The summed E-state index contributed by atoms with van der Waals surface area (Å²) in [6.07, 6.45) is 3.33. The summed E-state index contributed by atoms with van der Waals surface area (Å²) in [6, 6.07) is 7.89. The Morgan fingerprint density at radius 1 is 1.42 bits per heavy atom. The number of nitriles is 1. The smallest absolute Gasteiger partial charge is 0.387 e. The van der Waals surface area contributed by atoms with Crippen molar-refractivity contribution in [2.75, 3.05) is 20.3 Å². The Morgan fingerprint density at radius 2 is 2.16 bits per heavy atom. The molecular formula is C21H21F2N3O4S. The van der Waals surface area contributed by atoms with E-state index < -0.39 is 18.1 Å². The van der Waals surface area contributed by atoms with Gasteiger partial charge >= 0.3 is 6.61 Å². The number of rotatable bonds is 10. The number of para-hydroxylation sites is 1. The van der Waals surface area contributed by atoms with Gasteiger partial charge in [-0.15, -0.1) is 17.9 Å². The summed E-state index contributed by atoms with van der Waals surface area (Å²) in [7, 11) is 1.52. The van der Waals surface area contributed by atoms with E-state index in [-0.39, 0.29) is 39.2 Å². The van der Waals surface area contributed by atoms with E-state index in [0.717, 1.165) is 11.3 Å². The number of alkyl halides is 2. The minimum absolute atomic E-state index is 0.0917. The van der Waals surface area contributed by atoms with E-state index in [1.807, 2.05) is 6.07 Å². The number of ether oxygens (including phenoxy) is 2. The molecule has 31 heavy (non-hydrogen) atoms. The van der Waals surface area contributed by atoms with Crippen LogP contribution in [0, 0.1) is 11.3 Å². The molecule has 2 rings (SSSR count). The third-order valence-corrected chi connectivity index (χ3v) is 5.15. The molecule has 0 saturated heterocycles. The Kier molecular flexibility index (Phi) is 9.12. The number of hydrogen-bond donors (Lipinski definition) is 1. The van der Waals surface area contributed by atoms with E-state index in [2.05, 4.69) is 16.6 Å². The summed E-state index contributed by atoms with van der Waals surface area (Å²) in [5.41, 5.74) is -0.406. The fourth-order valence-electron chi connectivity index (χ4n) is 2.67. The van der Waals surface area contributed by atoms with Crippen LogP contribution in [-0.2, 0) is 16.1 Å². The van der Waals surface area contributed by atoms with Gasteiger partial charge in [0.05, 0.1) is 4.53 Å². The van der Waals surface area contributed by atoms with Crippen LogP contribution in [0.25, 0.3) is 11.6 Å². The number of carbonyl (C=O) groups is 1. The van der Waals surface area contributed by atoms with Gasteiger partial charge in [-0.2, -0.15) is 14.0 Å². The van der Waals surface area contributed by atoms with Gasteiger partial charge in [-0.3, -0.25) is 14.2 Å². The third-order valence-electron chi connectivity index (χ3n) is 4.02. The first-order chi connectivity index (χ1) is 14.9. The van der Waals surface area contributed by atoms with Crippen LogP contribution in [0.3, 0.4) is 0 Å². The van der Waals surface area contributed by atoms with Gasteiger partial charge in [-0.05, 0) is 18.6 Å². The second-order valence-corrected chi connectivity index (χ2v) is 7.15. The van der Waals surface area contributed by atoms with Crippen molar-refractivity contribution in [3.63, 3.8) is 0 Å². The zero-order chi connectivity index (χ0) is 22.8. The van der Waals surface area contributed by atoms with Crippen LogP contribution in [0.2, 0.25) is 0 Å². The third kappa shape index (κ3) is 6.34. The van der Waals surface area contributed by atoms with Crippen molar-refractivity contribution < 1.29 is 23.0 Å². The molecule has 0 aliphatic rings. The van der Waals surface area contributed by atoms with Gasteiger partial charge in [0.2, 0.25) is 0 Å². The van der Waals surface area contributed by atoms with Crippen LogP contribution in [0.5, 0.6) is 5.75 Å². The average Bonchev–Trinajstić information content (AvgIpc) is 3.03. The lowest BCUT2D eigenvalue weighted by molar-refractivity contribution is -0.115. The van der Waals surface area contributed by atoms with E-state index in [4.69, 9.17) is 4.74 Å². The number of amides is 1. The minimum Gasteiger partial charge on any atom is -0.434 e. The second-order valence-electron chi connectivity index (χ2n) is 6.12. The van der Waals surface area contributed by atoms with Gasteiger partial charge in [0.25, 0.3) is 11.5 Å². The van der Waals surface area contributed by atoms with Crippen LogP contribution < -0.4 is 24.8 Å². The number of halogens is 2. The van der Waals surface area contributed by atoms with Crippen molar-refractivity contribution in [2.45, 2.75) is 19.6 Å². The number of carbonyl (C=O) groups excluding carboxylic acids is 1. The number of methoxy groups -OCH3 is 1. The molecule has 0 unspecified atom stereocenters. The number of aromatic nitrogens is 1. The van der Waals surface area contributed by atoms with Crippen LogP contribution in [0.1, 0.15) is 12.0 Å². The monoisotopic (exact) mass is 449 g/mol. The Labute approximate surface area is 181 Å². The lowest BCUT2D eigenvalue weighted by Crippen LogP contribution is -2.35. The average molecular weight is 449 g/mol. The fourth-order valence-corrected chi connectivity index (χ4v) is 3.79. The van der Waals surface area contributed by atoms with Crippen LogP contribution in [0.15, 0.2) is 41.7 Å². The second kappa shape index (κ2) is 11.8. The summed E-state index contributed by atoms with van der Waals surface area (Å²) in [5.74, 6) is -0.733. The molecule has 164 valence electrons. The molecule has 0 atom stereocenters. The van der Waals surface area contributed by atoms with E-state index in [9.17, 15) is 23.6 Å². The van der Waals surface area contributed by atoms with Crippen molar-refractivity contribution in [3.05, 3.63) is 62.0 Å². The molecule has 1 N–H and O–H groups in total. The Hall–Kier alpha value is -3.29. The number of benzene rings is 1. The first-order valence-corrected chi connectivity index (χ1v) is 10.0. The normalized spacial score (nSPS) is 12.4. The highest BCUT2D eigenvalue weighted by molar-refractivity contribution is 7.07. The van der Waals surface area contributed by atoms with Gasteiger partial charge in [0, 0.05) is 32.4 Å². The lowest BCUT2D eigenvalue weighted by Gasteiger charge is -2.06. The maximum Gasteiger partial charge on any atom is 0.387 e. The fraction of sp³-hybridized carbons (Fsp3) is 0.286. The maximum absolute atomic E-state index is 13.0. The van der Waals surface area contributed by atoms with Crippen LogP contribution >= 0.6 is 11.3 Å². The molecular weight excluding hydrogens is 428 g/mol. The van der Waals surface area contributed by atoms with Gasteiger partial charge in [0.15, 0.2) is 5.57 Å². The molecule has 0 aliphatic heterocycles. The number of thiazole rings is 1. The molecule has 10 heteroatoms. The first kappa shape index (κ1) is 24.0. The van der Waals surface area contributed by atoms with Crippen molar-refractivity contribution >= 4 is 28.9 Å². The molecule has 0 saturated carbocycles. The molecule has 1 amide bonds. The van der Waals surface area contributed by atoms with Crippen molar-refractivity contribution in [1.82, 2.24) is 9.88 Å². The first-order valence-electron chi connectivity index (χ1n) is 9.20. The van der Waals surface area contributed by atoms with E-state index in [0.29, 0.717) is 13.0 Å². The molecule has 0 spiro atoms. The Bertz CT molecular complexity index is 1150. The molecule has 0 radical (unpaired) electrons. The molecule has 0 fully saturated rings. The minimum atomic E-state index is -3.02. The summed E-state index contributed by atoms with van der Waals surface area (Å²) in [5, 5.41) is 12.1. The van der Waals surface area contributed by atoms with Crippen LogP contribution in [-0.4, -0.2) is 37.3 Å². The highest BCUT2D eigenvalue weighted by Gasteiger charge is 2.16. The molecule has 7 nitrogen and oxygen atoms in total. The predicted octanol–water partition coefficient (Wildman–Crippen LogP) is 1.35. The highest BCUT2D eigenvalue weighted by atomic mass is 32.1. The van der Waals surface area contributed by atoms with E-state index in [1.165, 1.54) is 42.0 Å².